The van der Waals surface area contributed by atoms with Gasteiger partial charge < -0.3 is 10.2 Å². The van der Waals surface area contributed by atoms with E-state index in [1.165, 1.54) is 11.3 Å². The lowest BCUT2D eigenvalue weighted by atomic mass is 10.1. The first-order valence-corrected chi connectivity index (χ1v) is 12.9. The van der Waals surface area contributed by atoms with E-state index in [9.17, 15) is 14.4 Å². The number of nitrogens with one attached hydrogen (secondary N) is 1. The zero-order valence-corrected chi connectivity index (χ0v) is 20.2. The molecule has 4 aromatic rings. The second-order valence-electron chi connectivity index (χ2n) is 8.04. The number of thioether (sulfide) groups is 1. The average Bonchev–Trinajstić information content (AvgIpc) is 3.37. The molecule has 0 saturated carbocycles. The Kier molecular flexibility index (Phi) is 6.26. The zero-order chi connectivity index (χ0) is 23.7. The molecule has 3 aromatic carbocycles. The summed E-state index contributed by atoms with van der Waals surface area (Å²) in [4.78, 5) is 39.3. The van der Waals surface area contributed by atoms with E-state index in [1.54, 1.807) is 28.5 Å². The second kappa shape index (κ2) is 9.48. The molecule has 8 heteroatoms. The standard InChI is InChI=1S/C26H23N3O3S2/c1-2-28-21-13-12-20(14-22(21)34-26(28)32)27-24(31)18-8-10-19(11-9-18)25-29(23(30)16-33-25)15-17-6-4-3-5-7-17/h3-14,25H,2,15-16H2,1H3,(H,27,31)/t25-/m1/s1. The van der Waals surface area contributed by atoms with Gasteiger partial charge in [-0.15, -0.1) is 11.8 Å². The van der Waals surface area contributed by atoms with Crippen LogP contribution in [0.5, 0.6) is 0 Å². The van der Waals surface area contributed by atoms with E-state index < -0.39 is 0 Å². The Morgan fingerprint density at radius 3 is 2.53 bits per heavy atom. The predicted molar refractivity (Wildman–Crippen MR) is 138 cm³/mol. The van der Waals surface area contributed by atoms with Gasteiger partial charge in [-0.25, -0.2) is 0 Å². The van der Waals surface area contributed by atoms with E-state index in [0.717, 1.165) is 21.3 Å². The van der Waals surface area contributed by atoms with Crippen molar-refractivity contribution in [1.82, 2.24) is 9.47 Å². The molecule has 1 aromatic heterocycles. The van der Waals surface area contributed by atoms with Crippen LogP contribution in [0.15, 0.2) is 77.6 Å². The van der Waals surface area contributed by atoms with Gasteiger partial charge in [0.05, 0.1) is 16.0 Å². The highest BCUT2D eigenvalue weighted by Gasteiger charge is 2.32. The Labute approximate surface area is 205 Å². The maximum atomic E-state index is 12.8. The molecule has 1 saturated heterocycles. The van der Waals surface area contributed by atoms with Crippen LogP contribution >= 0.6 is 23.1 Å². The fourth-order valence-electron chi connectivity index (χ4n) is 4.13. The van der Waals surface area contributed by atoms with Gasteiger partial charge in [-0.3, -0.25) is 19.0 Å². The highest BCUT2D eigenvalue weighted by Crippen LogP contribution is 2.39. The third-order valence-electron chi connectivity index (χ3n) is 5.86. The molecule has 34 heavy (non-hydrogen) atoms. The third kappa shape index (κ3) is 4.38. The van der Waals surface area contributed by atoms with Crippen molar-refractivity contribution in [3.63, 3.8) is 0 Å². The molecule has 1 N–H and O–H groups in total. The fourth-order valence-corrected chi connectivity index (χ4v) is 6.31. The molecule has 0 radical (unpaired) electrons. The van der Waals surface area contributed by atoms with E-state index >= 15 is 0 Å². The lowest BCUT2D eigenvalue weighted by Gasteiger charge is -2.24. The summed E-state index contributed by atoms with van der Waals surface area (Å²) in [6.07, 6.45) is 0. The van der Waals surface area contributed by atoms with Crippen molar-refractivity contribution in [1.29, 1.82) is 0 Å². The smallest absolute Gasteiger partial charge is 0.308 e. The number of aryl methyl sites for hydroxylation is 1. The predicted octanol–water partition coefficient (Wildman–Crippen LogP) is 5.11. The highest BCUT2D eigenvalue weighted by atomic mass is 32.2. The van der Waals surface area contributed by atoms with Crippen molar-refractivity contribution in [3.8, 4) is 0 Å². The minimum atomic E-state index is -0.218. The van der Waals surface area contributed by atoms with Gasteiger partial charge in [0.15, 0.2) is 0 Å². The molecular formula is C26H23N3O3S2. The number of thiazole rings is 1. The number of fused-ring (bicyclic) bond motifs is 1. The van der Waals surface area contributed by atoms with Crippen LogP contribution in [-0.2, 0) is 17.9 Å². The number of anilines is 1. The van der Waals surface area contributed by atoms with E-state index in [1.807, 2.05) is 72.5 Å². The minimum absolute atomic E-state index is 0.00105. The van der Waals surface area contributed by atoms with Crippen molar-refractivity contribution in [2.24, 2.45) is 0 Å². The molecule has 0 aliphatic carbocycles. The number of hydrogen-bond acceptors (Lipinski definition) is 5. The fraction of sp³-hybridized carbons (Fsp3) is 0.192. The van der Waals surface area contributed by atoms with Crippen LogP contribution in [0, 0.1) is 0 Å². The number of aromatic nitrogens is 1. The molecule has 6 nitrogen and oxygen atoms in total. The normalized spacial score (nSPS) is 15.7. The summed E-state index contributed by atoms with van der Waals surface area (Å²) in [5.41, 5.74) is 4.15. The number of benzene rings is 3. The molecule has 172 valence electrons. The van der Waals surface area contributed by atoms with Crippen molar-refractivity contribution in [3.05, 3.63) is 99.2 Å². The average molecular weight is 490 g/mol. The zero-order valence-electron chi connectivity index (χ0n) is 18.6. The van der Waals surface area contributed by atoms with Crippen LogP contribution in [0.4, 0.5) is 5.69 Å². The number of hydrogen-bond donors (Lipinski definition) is 1. The number of carbonyl (C=O) groups excluding carboxylic acids is 2. The van der Waals surface area contributed by atoms with Gasteiger partial charge in [-0.05, 0) is 48.4 Å². The summed E-state index contributed by atoms with van der Waals surface area (Å²) in [6.45, 7) is 3.12. The van der Waals surface area contributed by atoms with Crippen LogP contribution in [0.3, 0.4) is 0 Å². The number of carbonyl (C=O) groups is 2. The molecule has 0 bridgehead atoms. The maximum Gasteiger partial charge on any atom is 0.308 e. The van der Waals surface area contributed by atoms with Gasteiger partial charge >= 0.3 is 4.87 Å². The first-order chi connectivity index (χ1) is 16.5. The third-order valence-corrected chi connectivity index (χ3v) is 8.06. The molecule has 2 heterocycles. The van der Waals surface area contributed by atoms with Crippen molar-refractivity contribution in [2.45, 2.75) is 25.4 Å². The molecule has 1 atom stereocenters. The minimum Gasteiger partial charge on any atom is -0.322 e. The molecule has 0 spiro atoms. The summed E-state index contributed by atoms with van der Waals surface area (Å²) in [5, 5.41) is 2.85. The van der Waals surface area contributed by atoms with Crippen molar-refractivity contribution in [2.75, 3.05) is 11.1 Å². The largest absolute Gasteiger partial charge is 0.322 e. The Morgan fingerprint density at radius 2 is 1.79 bits per heavy atom. The van der Waals surface area contributed by atoms with Gasteiger partial charge in [0.2, 0.25) is 5.91 Å². The van der Waals surface area contributed by atoms with E-state index in [-0.39, 0.29) is 22.1 Å². The molecular weight excluding hydrogens is 466 g/mol. The first-order valence-electron chi connectivity index (χ1n) is 11.0. The lowest BCUT2D eigenvalue weighted by molar-refractivity contribution is -0.128. The second-order valence-corrected chi connectivity index (χ2v) is 10.1. The van der Waals surface area contributed by atoms with Gasteiger partial charge in [-0.1, -0.05) is 53.8 Å². The first kappa shape index (κ1) is 22.4. The summed E-state index contributed by atoms with van der Waals surface area (Å²) in [7, 11) is 0. The molecule has 5 rings (SSSR count). The lowest BCUT2D eigenvalue weighted by Crippen LogP contribution is -2.27. The molecule has 0 unspecified atom stereocenters. The topological polar surface area (TPSA) is 71.4 Å². The van der Waals surface area contributed by atoms with E-state index in [0.29, 0.717) is 30.1 Å². The summed E-state index contributed by atoms with van der Waals surface area (Å²) in [6, 6.07) is 22.9. The monoisotopic (exact) mass is 489 g/mol. The quantitative estimate of drug-likeness (QED) is 0.409. The van der Waals surface area contributed by atoms with Gasteiger partial charge in [0.25, 0.3) is 5.91 Å². The van der Waals surface area contributed by atoms with Crippen LogP contribution in [0.1, 0.15) is 33.8 Å². The van der Waals surface area contributed by atoms with Crippen molar-refractivity contribution >= 4 is 50.8 Å². The Bertz CT molecular complexity index is 1410. The number of rotatable bonds is 6. The highest BCUT2D eigenvalue weighted by molar-refractivity contribution is 8.00. The molecule has 1 aliphatic heterocycles. The van der Waals surface area contributed by atoms with E-state index in [2.05, 4.69) is 5.32 Å². The summed E-state index contributed by atoms with van der Waals surface area (Å²) >= 11 is 2.78. The Hall–Kier alpha value is -3.36. The van der Waals surface area contributed by atoms with Gasteiger partial charge in [0, 0.05) is 24.3 Å². The van der Waals surface area contributed by atoms with Gasteiger partial charge in [0.1, 0.15) is 5.37 Å². The molecule has 1 fully saturated rings. The number of amides is 2. The Balaban J connectivity index is 1.30. The summed E-state index contributed by atoms with van der Waals surface area (Å²) < 4.78 is 2.57. The van der Waals surface area contributed by atoms with Crippen molar-refractivity contribution < 1.29 is 9.59 Å². The molecule has 1 aliphatic rings. The van der Waals surface area contributed by atoms with Gasteiger partial charge in [-0.2, -0.15) is 0 Å². The number of nitrogens with zero attached hydrogens (tertiary/aromatic N) is 2. The van der Waals surface area contributed by atoms with Crippen LogP contribution in [0.25, 0.3) is 10.2 Å². The maximum absolute atomic E-state index is 12.8. The Morgan fingerprint density at radius 1 is 1.03 bits per heavy atom. The SMILES string of the molecule is CCn1c(=O)sc2cc(NC(=O)c3ccc([C@H]4SCC(=O)N4Cc4ccccc4)cc3)ccc21. The van der Waals surface area contributed by atoms with Crippen LogP contribution in [-0.4, -0.2) is 27.0 Å². The van der Waals surface area contributed by atoms with E-state index in [4.69, 9.17) is 0 Å². The van der Waals surface area contributed by atoms with Crippen LogP contribution < -0.4 is 10.2 Å². The van der Waals surface area contributed by atoms with Crippen LogP contribution in [0.2, 0.25) is 0 Å². The summed E-state index contributed by atoms with van der Waals surface area (Å²) in [5.74, 6) is 0.355. The molecule has 2 amide bonds.